The Hall–Kier alpha value is -2.38. The maximum Gasteiger partial charge on any atom is 0.0233 e. The van der Waals surface area contributed by atoms with Crippen molar-refractivity contribution in [2.75, 3.05) is 13.1 Å². The largest absolute Gasteiger partial charge is 0.299 e. The molecule has 1 heterocycles. The van der Waals surface area contributed by atoms with Crippen molar-refractivity contribution < 1.29 is 0 Å². The van der Waals surface area contributed by atoms with Crippen molar-refractivity contribution in [1.82, 2.24) is 4.90 Å². The fraction of sp³-hybridized carbons (Fsp3) is 0.514. The van der Waals surface area contributed by atoms with Gasteiger partial charge in [0.25, 0.3) is 0 Å². The van der Waals surface area contributed by atoms with E-state index in [2.05, 4.69) is 109 Å². The van der Waals surface area contributed by atoms with E-state index < -0.39 is 0 Å². The first kappa shape index (κ1) is 30.2. The van der Waals surface area contributed by atoms with E-state index in [1.165, 1.54) is 57.9 Å². The van der Waals surface area contributed by atoms with Crippen LogP contribution in [0.25, 0.3) is 18.2 Å². The van der Waals surface area contributed by atoms with Gasteiger partial charge in [-0.15, -0.1) is 6.58 Å². The lowest BCUT2D eigenvalue weighted by Crippen LogP contribution is -2.33. The molecule has 38 heavy (non-hydrogen) atoms. The summed E-state index contributed by atoms with van der Waals surface area (Å²) in [7, 11) is 0. The van der Waals surface area contributed by atoms with Gasteiger partial charge in [0, 0.05) is 6.54 Å². The summed E-state index contributed by atoms with van der Waals surface area (Å²) in [5, 5.41) is 2.42. The van der Waals surface area contributed by atoms with Crippen LogP contribution in [-0.4, -0.2) is 18.0 Å². The van der Waals surface area contributed by atoms with E-state index in [-0.39, 0.29) is 5.41 Å². The zero-order valence-corrected chi connectivity index (χ0v) is 25.3. The van der Waals surface area contributed by atoms with Crippen LogP contribution in [0, 0.1) is 11.3 Å². The van der Waals surface area contributed by atoms with Crippen molar-refractivity contribution in [3.05, 3.63) is 87.8 Å². The van der Waals surface area contributed by atoms with Gasteiger partial charge < -0.3 is 0 Å². The van der Waals surface area contributed by atoms with Gasteiger partial charge in [0.1, 0.15) is 0 Å². The lowest BCUT2D eigenvalue weighted by Gasteiger charge is -2.33. The lowest BCUT2D eigenvalue weighted by atomic mass is 9.73. The third kappa shape index (κ3) is 8.31. The normalized spacial score (nSPS) is 16.5. The molecule has 1 unspecified atom stereocenters. The molecule has 2 aromatic carbocycles. The van der Waals surface area contributed by atoms with Crippen LogP contribution in [0.4, 0.5) is 0 Å². The van der Waals surface area contributed by atoms with Gasteiger partial charge in [-0.25, -0.2) is 0 Å². The third-order valence-electron chi connectivity index (χ3n) is 8.63. The Balaban J connectivity index is 1.65. The van der Waals surface area contributed by atoms with Crippen molar-refractivity contribution in [3.63, 3.8) is 0 Å². The standard InChI is InChI=1S/C37H53N/c1-10-12-33-24-30(15-14-28(33)5)26-38-21-19-32(20-22-38)34-16-18-36(31(11-2)25-34)29(6)23-35(37(7,8)9)17-13-27(3)4/h12,14-16,18,24-25,32,35H,3,5-6,10-11,13,17,19-23,26H2,1-2,4,7-9H3/b33-12-. The Bertz CT molecular complexity index is 1200. The number of nitrogens with zero attached hydrogens (tertiary/aromatic N) is 1. The topological polar surface area (TPSA) is 3.24 Å². The molecule has 1 atom stereocenters. The van der Waals surface area contributed by atoms with Gasteiger partial charge in [-0.1, -0.05) is 95.8 Å². The smallest absolute Gasteiger partial charge is 0.0233 e. The number of benzene rings is 2. The molecule has 1 saturated heterocycles. The fourth-order valence-electron chi connectivity index (χ4n) is 6.01. The van der Waals surface area contributed by atoms with Gasteiger partial charge in [-0.2, -0.15) is 0 Å². The molecule has 0 radical (unpaired) electrons. The molecule has 0 aliphatic carbocycles. The molecule has 0 aromatic heterocycles. The second-order valence-electron chi connectivity index (χ2n) is 12.8. The van der Waals surface area contributed by atoms with Crippen LogP contribution < -0.4 is 10.4 Å². The molecule has 2 aromatic rings. The summed E-state index contributed by atoms with van der Waals surface area (Å²) >= 11 is 0. The van der Waals surface area contributed by atoms with Crippen LogP contribution in [0.3, 0.4) is 0 Å². The van der Waals surface area contributed by atoms with Gasteiger partial charge in [0.05, 0.1) is 0 Å². The minimum absolute atomic E-state index is 0.268. The Labute approximate surface area is 234 Å². The molecule has 1 fully saturated rings. The number of likely N-dealkylation sites (tertiary alicyclic amines) is 1. The molecule has 0 N–H and O–H groups in total. The number of hydrogen-bond acceptors (Lipinski definition) is 1. The predicted molar refractivity (Wildman–Crippen MR) is 170 cm³/mol. The molecule has 1 aliphatic heterocycles. The van der Waals surface area contributed by atoms with Crippen molar-refractivity contribution in [1.29, 1.82) is 0 Å². The Kier molecular flexibility index (Phi) is 10.8. The summed E-state index contributed by atoms with van der Waals surface area (Å²) in [5.74, 6) is 1.27. The Morgan fingerprint density at radius 2 is 1.76 bits per heavy atom. The minimum atomic E-state index is 0.268. The maximum atomic E-state index is 4.59. The van der Waals surface area contributed by atoms with Crippen LogP contribution in [-0.2, 0) is 13.0 Å². The van der Waals surface area contributed by atoms with E-state index in [4.69, 9.17) is 0 Å². The summed E-state index contributed by atoms with van der Waals surface area (Å²) in [6.45, 7) is 30.0. The second-order valence-corrected chi connectivity index (χ2v) is 12.8. The van der Waals surface area contributed by atoms with Crippen LogP contribution in [0.2, 0.25) is 0 Å². The summed E-state index contributed by atoms with van der Waals surface area (Å²) in [6, 6.07) is 14.0. The van der Waals surface area contributed by atoms with Gasteiger partial charge in [0.2, 0.25) is 0 Å². The van der Waals surface area contributed by atoms with Crippen molar-refractivity contribution in [3.8, 4) is 0 Å². The molecule has 1 nitrogen and oxygen atoms in total. The Morgan fingerprint density at radius 1 is 1.05 bits per heavy atom. The van der Waals surface area contributed by atoms with Crippen LogP contribution in [0.5, 0.6) is 0 Å². The van der Waals surface area contributed by atoms with Crippen molar-refractivity contribution in [2.24, 2.45) is 11.3 Å². The summed E-state index contributed by atoms with van der Waals surface area (Å²) < 4.78 is 0. The van der Waals surface area contributed by atoms with E-state index in [9.17, 15) is 0 Å². The highest BCUT2D eigenvalue weighted by atomic mass is 15.1. The van der Waals surface area contributed by atoms with E-state index in [1.54, 1.807) is 0 Å². The molecule has 1 aliphatic rings. The van der Waals surface area contributed by atoms with E-state index in [0.717, 1.165) is 50.5 Å². The van der Waals surface area contributed by atoms with Crippen molar-refractivity contribution >= 4 is 18.2 Å². The van der Waals surface area contributed by atoms with Crippen LogP contribution in [0.1, 0.15) is 108 Å². The number of allylic oxidation sites excluding steroid dienone is 2. The molecule has 206 valence electrons. The first-order valence-corrected chi connectivity index (χ1v) is 15.0. The zero-order chi connectivity index (χ0) is 27.9. The molecule has 3 rings (SSSR count). The highest BCUT2D eigenvalue weighted by molar-refractivity contribution is 5.67. The zero-order valence-electron chi connectivity index (χ0n) is 25.3. The minimum Gasteiger partial charge on any atom is -0.299 e. The van der Waals surface area contributed by atoms with Crippen LogP contribution in [0.15, 0.2) is 55.1 Å². The Morgan fingerprint density at radius 3 is 2.37 bits per heavy atom. The SMILES string of the molecule is C=C(C)CCC(CC(=C)c1ccc(C2CCN(Cc3ccc(=C)/c(=C\CC)c3)CC2)cc1CC)C(C)(C)C. The van der Waals surface area contributed by atoms with Gasteiger partial charge in [0.15, 0.2) is 0 Å². The third-order valence-corrected chi connectivity index (χ3v) is 8.63. The van der Waals surface area contributed by atoms with E-state index in [0.29, 0.717) is 11.8 Å². The number of hydrogen-bond donors (Lipinski definition) is 0. The first-order valence-electron chi connectivity index (χ1n) is 15.0. The quantitative estimate of drug-likeness (QED) is 0.273. The van der Waals surface area contributed by atoms with E-state index in [1.807, 2.05) is 0 Å². The van der Waals surface area contributed by atoms with Crippen molar-refractivity contribution in [2.45, 2.75) is 99.0 Å². The van der Waals surface area contributed by atoms with Gasteiger partial charge in [-0.05, 0) is 120 Å². The molecule has 1 heteroatoms. The first-order chi connectivity index (χ1) is 18.0. The van der Waals surface area contributed by atoms with E-state index >= 15 is 0 Å². The number of piperidine rings is 1. The lowest BCUT2D eigenvalue weighted by molar-refractivity contribution is 0.204. The fourth-order valence-corrected chi connectivity index (χ4v) is 6.01. The molecular weight excluding hydrogens is 458 g/mol. The predicted octanol–water partition coefficient (Wildman–Crippen LogP) is 8.65. The van der Waals surface area contributed by atoms with Crippen LogP contribution >= 0.6 is 0 Å². The average molecular weight is 512 g/mol. The summed E-state index contributed by atoms with van der Waals surface area (Å²) in [6.07, 6.45) is 10.2. The molecule has 0 bridgehead atoms. The monoisotopic (exact) mass is 511 g/mol. The molecular formula is C37H53N. The second kappa shape index (κ2) is 13.6. The number of aryl methyl sites for hydroxylation is 1. The highest BCUT2D eigenvalue weighted by Crippen LogP contribution is 2.39. The average Bonchev–Trinajstić information content (AvgIpc) is 2.87. The highest BCUT2D eigenvalue weighted by Gasteiger charge is 2.26. The summed E-state index contributed by atoms with van der Waals surface area (Å²) in [5.41, 5.74) is 8.63. The molecule has 0 saturated carbocycles. The van der Waals surface area contributed by atoms with Gasteiger partial charge in [-0.3, -0.25) is 4.90 Å². The molecule has 0 amide bonds. The van der Waals surface area contributed by atoms with Gasteiger partial charge >= 0.3 is 0 Å². The maximum absolute atomic E-state index is 4.59. The number of rotatable bonds is 11. The molecule has 0 spiro atoms. The summed E-state index contributed by atoms with van der Waals surface area (Å²) in [4.78, 5) is 2.62.